The van der Waals surface area contributed by atoms with E-state index in [0.717, 1.165) is 29.0 Å². The van der Waals surface area contributed by atoms with Gasteiger partial charge in [-0.2, -0.15) is 0 Å². The van der Waals surface area contributed by atoms with E-state index >= 15 is 0 Å². The molecule has 0 radical (unpaired) electrons. The molecule has 0 spiro atoms. The largest absolute Gasteiger partial charge is 0.496 e. The lowest BCUT2D eigenvalue weighted by Crippen LogP contribution is -2.35. The highest BCUT2D eigenvalue weighted by Crippen LogP contribution is 2.35. The van der Waals surface area contributed by atoms with Crippen molar-refractivity contribution in [2.75, 3.05) is 14.2 Å². The molecule has 0 saturated heterocycles. The van der Waals surface area contributed by atoms with Crippen molar-refractivity contribution in [3.05, 3.63) is 23.3 Å². The Morgan fingerprint density at radius 3 is 2.90 bits per heavy atom. The molecule has 2 rings (SSSR count). The van der Waals surface area contributed by atoms with Crippen LogP contribution in [0.1, 0.15) is 25.0 Å². The Morgan fingerprint density at radius 2 is 2.30 bits per heavy atom. The Balaban J connectivity index is 2.23. The van der Waals surface area contributed by atoms with E-state index in [4.69, 9.17) is 14.6 Å². The predicted molar refractivity (Wildman–Crippen MR) is 75.4 cm³/mol. The summed E-state index contributed by atoms with van der Waals surface area (Å²) in [6.07, 6.45) is 1.06. The van der Waals surface area contributed by atoms with E-state index in [1.165, 1.54) is 0 Å². The number of carboxylic acids is 1. The van der Waals surface area contributed by atoms with Gasteiger partial charge in [-0.3, -0.25) is 9.69 Å². The maximum absolute atomic E-state index is 11.0. The molecule has 20 heavy (non-hydrogen) atoms. The average Bonchev–Trinajstić information content (AvgIpc) is 2.75. The van der Waals surface area contributed by atoms with Crippen molar-refractivity contribution in [1.82, 2.24) is 4.90 Å². The number of carboxylic acid groups (broad SMARTS) is 1. The first-order valence-corrected chi connectivity index (χ1v) is 6.72. The lowest BCUT2D eigenvalue weighted by atomic mass is 10.1. The molecular formula is C15H21NO4. The van der Waals surface area contributed by atoms with Crippen molar-refractivity contribution >= 4 is 5.97 Å². The van der Waals surface area contributed by atoms with Gasteiger partial charge in [0, 0.05) is 24.1 Å². The summed E-state index contributed by atoms with van der Waals surface area (Å²) in [5.41, 5.74) is 2.09. The molecule has 5 heteroatoms. The third-order valence-electron chi connectivity index (χ3n) is 3.74. The molecule has 1 aromatic rings. The van der Waals surface area contributed by atoms with Crippen LogP contribution in [-0.2, 0) is 17.8 Å². The number of hydrogen-bond acceptors (Lipinski definition) is 4. The third kappa shape index (κ3) is 2.88. The first-order chi connectivity index (χ1) is 9.42. The molecule has 0 bridgehead atoms. The van der Waals surface area contributed by atoms with Crippen LogP contribution in [0, 0.1) is 0 Å². The van der Waals surface area contributed by atoms with Crippen LogP contribution in [0.5, 0.6) is 11.5 Å². The van der Waals surface area contributed by atoms with E-state index in [0.29, 0.717) is 6.54 Å². The van der Waals surface area contributed by atoms with E-state index in [-0.39, 0.29) is 6.10 Å². The van der Waals surface area contributed by atoms with Crippen LogP contribution >= 0.6 is 0 Å². The molecule has 0 aromatic heterocycles. The smallest absolute Gasteiger partial charge is 0.320 e. The van der Waals surface area contributed by atoms with Gasteiger partial charge in [0.1, 0.15) is 23.6 Å². The number of ether oxygens (including phenoxy) is 2. The minimum atomic E-state index is -0.836. The number of aliphatic carboxylic acids is 1. The van der Waals surface area contributed by atoms with Gasteiger partial charge >= 0.3 is 5.97 Å². The Kier molecular flexibility index (Phi) is 4.18. The summed E-state index contributed by atoms with van der Waals surface area (Å²) in [5, 5.41) is 9.05. The highest BCUT2D eigenvalue weighted by molar-refractivity contribution is 5.72. The minimum absolute atomic E-state index is 0.181. The van der Waals surface area contributed by atoms with E-state index in [1.54, 1.807) is 26.0 Å². The molecule has 1 aliphatic heterocycles. The lowest BCUT2D eigenvalue weighted by Gasteiger charge is -2.22. The number of benzene rings is 1. The van der Waals surface area contributed by atoms with Crippen LogP contribution in [0.4, 0.5) is 0 Å². The summed E-state index contributed by atoms with van der Waals surface area (Å²) >= 11 is 0. The highest BCUT2D eigenvalue weighted by Gasteiger charge is 2.23. The number of methoxy groups -OCH3 is 1. The fourth-order valence-corrected chi connectivity index (χ4v) is 2.39. The number of rotatable bonds is 5. The van der Waals surface area contributed by atoms with Crippen molar-refractivity contribution in [2.24, 2.45) is 0 Å². The average molecular weight is 279 g/mol. The number of fused-ring (bicyclic) bond motifs is 1. The van der Waals surface area contributed by atoms with Gasteiger partial charge in [0.2, 0.25) is 0 Å². The molecular weight excluding hydrogens is 258 g/mol. The van der Waals surface area contributed by atoms with E-state index in [1.807, 2.05) is 19.1 Å². The van der Waals surface area contributed by atoms with Gasteiger partial charge in [0.15, 0.2) is 0 Å². The van der Waals surface area contributed by atoms with Crippen LogP contribution in [-0.4, -0.2) is 42.3 Å². The molecule has 0 aliphatic carbocycles. The second-order valence-electron chi connectivity index (χ2n) is 5.33. The zero-order valence-electron chi connectivity index (χ0n) is 12.3. The van der Waals surface area contributed by atoms with Gasteiger partial charge in [0.25, 0.3) is 0 Å². The third-order valence-corrected chi connectivity index (χ3v) is 3.74. The normalized spacial score (nSPS) is 18.6. The van der Waals surface area contributed by atoms with Gasteiger partial charge in [-0.15, -0.1) is 0 Å². The number of carbonyl (C=O) groups is 1. The molecule has 1 aromatic carbocycles. The second-order valence-corrected chi connectivity index (χ2v) is 5.33. The Hall–Kier alpha value is -1.75. The van der Waals surface area contributed by atoms with Gasteiger partial charge in [-0.05, 0) is 33.0 Å². The fourth-order valence-electron chi connectivity index (χ4n) is 2.39. The molecule has 0 amide bonds. The molecule has 0 saturated carbocycles. The fraction of sp³-hybridized carbons (Fsp3) is 0.533. The molecule has 5 nitrogen and oxygen atoms in total. The Labute approximate surface area is 119 Å². The standard InChI is InChI=1S/C15H21NO4/c1-9-5-11-6-13(19-4)12(7-14(11)20-9)8-16(3)10(2)15(17)18/h6-7,9-10H,5,8H2,1-4H3,(H,17,18). The molecule has 2 unspecified atom stereocenters. The molecule has 1 N–H and O–H groups in total. The van der Waals surface area contributed by atoms with Crippen molar-refractivity contribution in [3.8, 4) is 11.5 Å². The van der Waals surface area contributed by atoms with Crippen LogP contribution in [0.15, 0.2) is 12.1 Å². The predicted octanol–water partition coefficient (Wildman–Crippen LogP) is 1.92. The number of nitrogens with zero attached hydrogens (tertiary/aromatic N) is 1. The zero-order chi connectivity index (χ0) is 14.9. The van der Waals surface area contributed by atoms with Gasteiger partial charge in [0.05, 0.1) is 7.11 Å². The number of hydrogen-bond donors (Lipinski definition) is 1. The summed E-state index contributed by atoms with van der Waals surface area (Å²) in [6.45, 7) is 4.20. The summed E-state index contributed by atoms with van der Waals surface area (Å²) < 4.78 is 11.2. The van der Waals surface area contributed by atoms with Gasteiger partial charge in [-0.1, -0.05) is 0 Å². The topological polar surface area (TPSA) is 59.0 Å². The van der Waals surface area contributed by atoms with E-state index in [9.17, 15) is 4.79 Å². The molecule has 110 valence electrons. The summed E-state index contributed by atoms with van der Waals surface area (Å²) in [5.74, 6) is 0.827. The van der Waals surface area contributed by atoms with Gasteiger partial charge in [-0.25, -0.2) is 0 Å². The van der Waals surface area contributed by atoms with Crippen molar-refractivity contribution in [3.63, 3.8) is 0 Å². The quantitative estimate of drug-likeness (QED) is 0.892. The summed E-state index contributed by atoms with van der Waals surface area (Å²) in [4.78, 5) is 12.8. The van der Waals surface area contributed by atoms with Crippen molar-refractivity contribution < 1.29 is 19.4 Å². The van der Waals surface area contributed by atoms with Crippen LogP contribution in [0.25, 0.3) is 0 Å². The lowest BCUT2D eigenvalue weighted by molar-refractivity contribution is -0.142. The minimum Gasteiger partial charge on any atom is -0.496 e. The SMILES string of the molecule is COc1cc2c(cc1CN(C)C(C)C(=O)O)OC(C)C2. The highest BCUT2D eigenvalue weighted by atomic mass is 16.5. The van der Waals surface area contributed by atoms with Crippen LogP contribution < -0.4 is 9.47 Å². The maximum atomic E-state index is 11.0. The van der Waals surface area contributed by atoms with E-state index in [2.05, 4.69) is 0 Å². The second kappa shape index (κ2) is 5.71. The van der Waals surface area contributed by atoms with Gasteiger partial charge < -0.3 is 14.6 Å². The van der Waals surface area contributed by atoms with Crippen molar-refractivity contribution in [2.45, 2.75) is 39.0 Å². The number of likely N-dealkylation sites (N-methyl/N-ethyl adjacent to an activating group) is 1. The first-order valence-electron chi connectivity index (χ1n) is 6.72. The molecule has 0 fully saturated rings. The maximum Gasteiger partial charge on any atom is 0.320 e. The van der Waals surface area contributed by atoms with Crippen LogP contribution in [0.2, 0.25) is 0 Å². The molecule has 2 atom stereocenters. The Bertz CT molecular complexity index is 515. The molecule has 1 heterocycles. The monoisotopic (exact) mass is 279 g/mol. The Morgan fingerprint density at radius 1 is 1.60 bits per heavy atom. The molecule has 1 aliphatic rings. The summed E-state index contributed by atoms with van der Waals surface area (Å²) in [7, 11) is 3.42. The van der Waals surface area contributed by atoms with E-state index < -0.39 is 12.0 Å². The van der Waals surface area contributed by atoms with Crippen molar-refractivity contribution in [1.29, 1.82) is 0 Å². The first kappa shape index (κ1) is 14.7. The summed E-state index contributed by atoms with van der Waals surface area (Å²) in [6, 6.07) is 3.41. The zero-order valence-corrected chi connectivity index (χ0v) is 12.3. The van der Waals surface area contributed by atoms with Crippen LogP contribution in [0.3, 0.4) is 0 Å².